The molecule has 2 aliphatic rings. The summed E-state index contributed by atoms with van der Waals surface area (Å²) < 4.78 is 0. The second-order valence-electron chi connectivity index (χ2n) is 7.85. The van der Waals surface area contributed by atoms with E-state index >= 15 is 0 Å². The topological polar surface area (TPSA) is 78.5 Å². The molecule has 0 bridgehead atoms. The zero-order chi connectivity index (χ0) is 19.9. The van der Waals surface area contributed by atoms with E-state index in [4.69, 9.17) is 0 Å². The van der Waals surface area contributed by atoms with Crippen LogP contribution in [0.2, 0.25) is 0 Å². The molecule has 0 aromatic carbocycles. The average molecular weight is 406 g/mol. The van der Waals surface area contributed by atoms with Gasteiger partial charge in [0, 0.05) is 24.4 Å². The summed E-state index contributed by atoms with van der Waals surface area (Å²) in [4.78, 5) is 40.8. The lowest BCUT2D eigenvalue weighted by Crippen LogP contribution is -2.49. The van der Waals surface area contributed by atoms with Crippen LogP contribution in [0.5, 0.6) is 0 Å². The minimum absolute atomic E-state index is 0.111. The van der Waals surface area contributed by atoms with Gasteiger partial charge in [0.15, 0.2) is 0 Å². The van der Waals surface area contributed by atoms with Crippen molar-refractivity contribution >= 4 is 29.1 Å². The summed E-state index contributed by atoms with van der Waals surface area (Å²) in [7, 11) is 0. The molecular weight excluding hydrogens is 374 g/mol. The summed E-state index contributed by atoms with van der Waals surface area (Å²) in [5.41, 5.74) is 6.44. The quantitative estimate of drug-likeness (QED) is 0.755. The molecule has 28 heavy (non-hydrogen) atoms. The first-order valence-electron chi connectivity index (χ1n) is 10.6. The number of hydrazine groups is 1. The Hall–Kier alpha value is -1.89. The fraction of sp³-hybridized carbons (Fsp3) is 0.667. The number of rotatable bonds is 4. The molecule has 3 rings (SSSR count). The number of nitrogens with zero attached hydrogens (tertiary/aromatic N) is 1. The van der Waals surface area contributed by atoms with Gasteiger partial charge in [0.05, 0.1) is 10.8 Å². The molecule has 1 aliphatic heterocycles. The molecule has 1 fully saturated rings. The zero-order valence-electron chi connectivity index (χ0n) is 16.7. The number of thiophene rings is 1. The maximum atomic E-state index is 12.5. The van der Waals surface area contributed by atoms with E-state index in [9.17, 15) is 14.4 Å². The number of hydrogen-bond donors (Lipinski definition) is 2. The van der Waals surface area contributed by atoms with Gasteiger partial charge in [-0.15, -0.1) is 11.3 Å². The fourth-order valence-electron chi connectivity index (χ4n) is 4.03. The van der Waals surface area contributed by atoms with Gasteiger partial charge in [-0.05, 0) is 56.6 Å². The lowest BCUT2D eigenvalue weighted by Gasteiger charge is -2.32. The van der Waals surface area contributed by atoms with Crippen LogP contribution in [-0.2, 0) is 22.4 Å². The highest BCUT2D eigenvalue weighted by Gasteiger charge is 2.28. The summed E-state index contributed by atoms with van der Waals surface area (Å²) >= 11 is 1.55. The number of likely N-dealkylation sites (tertiary alicyclic amines) is 1. The molecule has 1 saturated heterocycles. The van der Waals surface area contributed by atoms with Crippen molar-refractivity contribution in [2.75, 3.05) is 13.1 Å². The number of piperidine rings is 1. The van der Waals surface area contributed by atoms with Crippen LogP contribution in [-0.4, -0.2) is 35.7 Å². The summed E-state index contributed by atoms with van der Waals surface area (Å²) in [6, 6.07) is 1.98. The first kappa shape index (κ1) is 20.8. The smallest absolute Gasteiger partial charge is 0.279 e. The predicted molar refractivity (Wildman–Crippen MR) is 110 cm³/mol. The molecule has 6 nitrogen and oxygen atoms in total. The third-order valence-electron chi connectivity index (χ3n) is 5.63. The third kappa shape index (κ3) is 5.34. The number of aryl methyl sites for hydroxylation is 2. The van der Waals surface area contributed by atoms with Crippen molar-refractivity contribution < 1.29 is 14.4 Å². The normalized spacial score (nSPS) is 19.9. The van der Waals surface area contributed by atoms with Crippen molar-refractivity contribution in [2.45, 2.75) is 71.1 Å². The van der Waals surface area contributed by atoms with Gasteiger partial charge in [0.25, 0.3) is 5.91 Å². The molecular formula is C21H31N3O3S. The standard InChI is InChI=1S/C21H31N3O3S/c1-2-8-19(25)24-12-7-10-16(14-24)20(26)22-23-21(27)18-13-15-9-5-3-4-6-11-17(15)28-18/h13,16H,2-12,14H2,1H3,(H,22,26)(H,23,27). The molecule has 0 saturated carbocycles. The van der Waals surface area contributed by atoms with Crippen LogP contribution in [0, 0.1) is 5.92 Å². The van der Waals surface area contributed by atoms with Crippen molar-refractivity contribution in [3.63, 3.8) is 0 Å². The van der Waals surface area contributed by atoms with Gasteiger partial charge < -0.3 is 4.90 Å². The predicted octanol–water partition coefficient (Wildman–Crippen LogP) is 3.21. The Bertz CT molecular complexity index is 690. The van der Waals surface area contributed by atoms with E-state index in [1.165, 1.54) is 36.1 Å². The van der Waals surface area contributed by atoms with Gasteiger partial charge in [-0.1, -0.05) is 19.8 Å². The second kappa shape index (κ2) is 10.0. The van der Waals surface area contributed by atoms with Crippen LogP contribution in [0.4, 0.5) is 0 Å². The number of fused-ring (bicyclic) bond motifs is 1. The highest BCUT2D eigenvalue weighted by molar-refractivity contribution is 7.14. The van der Waals surface area contributed by atoms with Crippen molar-refractivity contribution in [3.05, 3.63) is 21.4 Å². The first-order valence-corrected chi connectivity index (χ1v) is 11.4. The maximum Gasteiger partial charge on any atom is 0.279 e. The van der Waals surface area contributed by atoms with E-state index in [1.54, 1.807) is 16.2 Å². The molecule has 0 radical (unpaired) electrons. The Kier molecular flexibility index (Phi) is 7.48. The van der Waals surface area contributed by atoms with E-state index in [2.05, 4.69) is 10.9 Å². The zero-order valence-corrected chi connectivity index (χ0v) is 17.5. The van der Waals surface area contributed by atoms with E-state index in [0.717, 1.165) is 38.6 Å². The summed E-state index contributed by atoms with van der Waals surface area (Å²) in [6.45, 7) is 3.14. The summed E-state index contributed by atoms with van der Waals surface area (Å²) in [5.74, 6) is -0.615. The van der Waals surface area contributed by atoms with Crippen LogP contribution in [0.15, 0.2) is 6.07 Å². The van der Waals surface area contributed by atoms with Gasteiger partial charge in [-0.3, -0.25) is 25.2 Å². The molecule has 2 N–H and O–H groups in total. The molecule has 1 aliphatic carbocycles. The molecule has 154 valence electrons. The van der Waals surface area contributed by atoms with E-state index < -0.39 is 0 Å². The fourth-order valence-corrected chi connectivity index (χ4v) is 5.18. The number of carbonyl (C=O) groups is 3. The van der Waals surface area contributed by atoms with E-state index in [0.29, 0.717) is 17.8 Å². The molecule has 2 heterocycles. The molecule has 1 unspecified atom stereocenters. The van der Waals surface area contributed by atoms with Crippen LogP contribution in [0.1, 0.15) is 78.4 Å². The minimum Gasteiger partial charge on any atom is -0.342 e. The van der Waals surface area contributed by atoms with Crippen LogP contribution in [0.25, 0.3) is 0 Å². The molecule has 0 spiro atoms. The van der Waals surface area contributed by atoms with Gasteiger partial charge in [-0.25, -0.2) is 0 Å². The van der Waals surface area contributed by atoms with E-state index in [1.807, 2.05) is 13.0 Å². The Balaban J connectivity index is 1.52. The SMILES string of the molecule is CCCC(=O)N1CCCC(C(=O)NNC(=O)c2cc3c(s2)CCCCCC3)C1. The van der Waals surface area contributed by atoms with Gasteiger partial charge >= 0.3 is 0 Å². The molecule has 1 aromatic heterocycles. The molecule has 7 heteroatoms. The summed E-state index contributed by atoms with van der Waals surface area (Å²) in [5, 5.41) is 0. The van der Waals surface area contributed by atoms with Crippen molar-refractivity contribution in [1.82, 2.24) is 15.8 Å². The maximum absolute atomic E-state index is 12.5. The molecule has 1 aromatic rings. The second-order valence-corrected chi connectivity index (χ2v) is 8.98. The van der Waals surface area contributed by atoms with Gasteiger partial charge in [0.1, 0.15) is 0 Å². The van der Waals surface area contributed by atoms with Gasteiger partial charge in [-0.2, -0.15) is 0 Å². The lowest BCUT2D eigenvalue weighted by molar-refractivity contribution is -0.136. The number of hydrogen-bond acceptors (Lipinski definition) is 4. The molecule has 3 amide bonds. The van der Waals surface area contributed by atoms with Gasteiger partial charge in [0.2, 0.25) is 11.8 Å². The molecule has 1 atom stereocenters. The Morgan fingerprint density at radius 3 is 2.68 bits per heavy atom. The van der Waals surface area contributed by atoms with Crippen LogP contribution < -0.4 is 10.9 Å². The van der Waals surface area contributed by atoms with Crippen molar-refractivity contribution in [1.29, 1.82) is 0 Å². The highest BCUT2D eigenvalue weighted by atomic mass is 32.1. The Morgan fingerprint density at radius 1 is 1.11 bits per heavy atom. The largest absolute Gasteiger partial charge is 0.342 e. The monoisotopic (exact) mass is 405 g/mol. The first-order chi connectivity index (χ1) is 13.6. The van der Waals surface area contributed by atoms with Crippen molar-refractivity contribution in [2.24, 2.45) is 5.92 Å². The Morgan fingerprint density at radius 2 is 1.89 bits per heavy atom. The third-order valence-corrected chi connectivity index (χ3v) is 6.86. The van der Waals surface area contributed by atoms with E-state index in [-0.39, 0.29) is 23.6 Å². The van der Waals surface area contributed by atoms with Crippen LogP contribution >= 0.6 is 11.3 Å². The number of nitrogens with one attached hydrogen (secondary N) is 2. The minimum atomic E-state index is -0.265. The highest BCUT2D eigenvalue weighted by Crippen LogP contribution is 2.28. The van der Waals surface area contributed by atoms with Crippen LogP contribution in [0.3, 0.4) is 0 Å². The number of carbonyl (C=O) groups excluding carboxylic acids is 3. The lowest BCUT2D eigenvalue weighted by atomic mass is 9.97. The Labute approximate surface area is 171 Å². The van der Waals surface area contributed by atoms with Crippen molar-refractivity contribution in [3.8, 4) is 0 Å². The number of amides is 3. The average Bonchev–Trinajstić information content (AvgIpc) is 3.08. The summed E-state index contributed by atoms with van der Waals surface area (Å²) in [6.07, 6.45) is 9.85.